The Hall–Kier alpha value is -6.90. The number of benzene rings is 8. The first-order chi connectivity index (χ1) is 25.8. The first-order valence-corrected chi connectivity index (χ1v) is 17.9. The van der Waals surface area contributed by atoms with E-state index in [1.54, 1.807) is 0 Å². The highest BCUT2D eigenvalue weighted by Gasteiger charge is 2.17. The van der Waals surface area contributed by atoms with Gasteiger partial charge in [-0.3, -0.25) is 0 Å². The molecule has 0 aliphatic heterocycles. The third-order valence-corrected chi connectivity index (χ3v) is 10.4. The Bertz CT molecular complexity index is 2860. The third-order valence-electron chi connectivity index (χ3n) is 10.4. The number of aromatic nitrogens is 1. The number of para-hydroxylation sites is 1. The third kappa shape index (κ3) is 5.04. The minimum absolute atomic E-state index is 1.11. The van der Waals surface area contributed by atoms with E-state index in [4.69, 9.17) is 0 Å². The van der Waals surface area contributed by atoms with Crippen LogP contribution < -0.4 is 4.90 Å². The molecule has 244 valence electrons. The molecule has 8 aromatic carbocycles. The molecule has 0 N–H and O–H groups in total. The van der Waals surface area contributed by atoms with E-state index in [-0.39, 0.29) is 0 Å². The van der Waals surface area contributed by atoms with Gasteiger partial charge in [-0.05, 0) is 93.2 Å². The van der Waals surface area contributed by atoms with Crippen LogP contribution in [-0.2, 0) is 0 Å². The summed E-state index contributed by atoms with van der Waals surface area (Å²) in [5.41, 5.74) is 14.4. The molecular formula is C50H34N2. The monoisotopic (exact) mass is 662 g/mol. The summed E-state index contributed by atoms with van der Waals surface area (Å²) >= 11 is 0. The average molecular weight is 663 g/mol. The lowest BCUT2D eigenvalue weighted by Gasteiger charge is -2.27. The van der Waals surface area contributed by atoms with Gasteiger partial charge in [0.25, 0.3) is 0 Å². The summed E-state index contributed by atoms with van der Waals surface area (Å²) in [6.45, 7) is 0. The second kappa shape index (κ2) is 12.5. The number of rotatable bonds is 6. The van der Waals surface area contributed by atoms with Crippen molar-refractivity contribution in [3.05, 3.63) is 206 Å². The fourth-order valence-electron chi connectivity index (χ4n) is 7.89. The second-order valence-electron chi connectivity index (χ2n) is 13.4. The Balaban J connectivity index is 1.06. The van der Waals surface area contributed by atoms with Crippen LogP contribution in [0.25, 0.3) is 71.5 Å². The molecule has 0 unspecified atom stereocenters. The Morgan fingerprint density at radius 1 is 0.308 bits per heavy atom. The van der Waals surface area contributed by atoms with E-state index in [1.165, 1.54) is 71.5 Å². The van der Waals surface area contributed by atoms with E-state index in [0.29, 0.717) is 0 Å². The lowest BCUT2D eigenvalue weighted by molar-refractivity contribution is 1.30. The van der Waals surface area contributed by atoms with Gasteiger partial charge in [0.1, 0.15) is 0 Å². The van der Waals surface area contributed by atoms with E-state index in [1.807, 2.05) is 0 Å². The van der Waals surface area contributed by atoms with Crippen molar-refractivity contribution >= 4 is 55.2 Å². The predicted octanol–water partition coefficient (Wildman–Crippen LogP) is 13.9. The van der Waals surface area contributed by atoms with Gasteiger partial charge < -0.3 is 9.30 Å². The number of nitrogens with zero attached hydrogens (tertiary/aromatic N) is 2. The summed E-state index contributed by atoms with van der Waals surface area (Å²) in [5.74, 6) is 0. The van der Waals surface area contributed by atoms with Gasteiger partial charge in [-0.2, -0.15) is 0 Å². The Labute approximate surface area is 303 Å². The summed E-state index contributed by atoms with van der Waals surface area (Å²) in [4.78, 5) is 2.37. The van der Waals surface area contributed by atoms with Crippen molar-refractivity contribution in [1.29, 1.82) is 0 Å². The van der Waals surface area contributed by atoms with Crippen molar-refractivity contribution in [1.82, 2.24) is 4.40 Å². The van der Waals surface area contributed by atoms with Crippen molar-refractivity contribution in [3.8, 4) is 33.4 Å². The zero-order valence-corrected chi connectivity index (χ0v) is 28.5. The quantitative estimate of drug-likeness (QED) is 0.172. The molecule has 0 atom stereocenters. The highest BCUT2D eigenvalue weighted by Crippen LogP contribution is 2.41. The molecule has 0 radical (unpaired) electrons. The van der Waals surface area contributed by atoms with Gasteiger partial charge in [-0.25, -0.2) is 0 Å². The lowest BCUT2D eigenvalue weighted by atomic mass is 10.0. The standard InChI is InChI=1S/C50H34N2/c1-3-12-35(13-4-1)36-22-28-42(29-23-36)51(47-21-11-17-38-14-7-8-18-44(38)47)43-30-24-37(25-31-43)40-26-32-46-41(34-40)27-33-49-50(39-15-5-2-6-16-39)45-19-9-10-20-48(45)52(46)49/h1-34H. The largest absolute Gasteiger partial charge is 0.310 e. The molecule has 10 rings (SSSR count). The van der Waals surface area contributed by atoms with Gasteiger partial charge in [-0.1, -0.05) is 152 Å². The minimum Gasteiger partial charge on any atom is -0.310 e. The van der Waals surface area contributed by atoms with Crippen LogP contribution in [0.5, 0.6) is 0 Å². The molecule has 0 aliphatic carbocycles. The summed E-state index contributed by atoms with van der Waals surface area (Å²) in [6.07, 6.45) is 0. The van der Waals surface area contributed by atoms with Gasteiger partial charge >= 0.3 is 0 Å². The van der Waals surface area contributed by atoms with Crippen molar-refractivity contribution in [2.24, 2.45) is 0 Å². The van der Waals surface area contributed by atoms with Crippen LogP contribution in [0.3, 0.4) is 0 Å². The zero-order chi connectivity index (χ0) is 34.4. The number of hydrogen-bond donors (Lipinski definition) is 0. The van der Waals surface area contributed by atoms with Crippen LogP contribution in [0, 0.1) is 0 Å². The van der Waals surface area contributed by atoms with Crippen LogP contribution in [0.15, 0.2) is 206 Å². The van der Waals surface area contributed by atoms with Crippen LogP contribution in [0.1, 0.15) is 0 Å². The molecule has 0 amide bonds. The van der Waals surface area contributed by atoms with Gasteiger partial charge in [0, 0.05) is 27.7 Å². The first-order valence-electron chi connectivity index (χ1n) is 17.9. The van der Waals surface area contributed by atoms with E-state index in [9.17, 15) is 0 Å². The molecule has 0 fully saturated rings. The first kappa shape index (κ1) is 30.0. The smallest absolute Gasteiger partial charge is 0.0547 e. The highest BCUT2D eigenvalue weighted by molar-refractivity contribution is 6.09. The molecule has 2 nitrogen and oxygen atoms in total. The van der Waals surface area contributed by atoms with Gasteiger partial charge in [0.15, 0.2) is 0 Å². The fraction of sp³-hybridized carbons (Fsp3) is 0. The Morgan fingerprint density at radius 2 is 0.846 bits per heavy atom. The maximum Gasteiger partial charge on any atom is 0.0547 e. The summed E-state index contributed by atoms with van der Waals surface area (Å²) in [5, 5.41) is 4.92. The van der Waals surface area contributed by atoms with E-state index < -0.39 is 0 Å². The summed E-state index contributed by atoms with van der Waals surface area (Å²) in [6, 6.07) is 74.6. The van der Waals surface area contributed by atoms with E-state index >= 15 is 0 Å². The normalized spacial score (nSPS) is 11.5. The van der Waals surface area contributed by atoms with Crippen molar-refractivity contribution in [3.63, 3.8) is 0 Å². The molecule has 0 saturated heterocycles. The van der Waals surface area contributed by atoms with Crippen LogP contribution in [0.2, 0.25) is 0 Å². The molecule has 2 heteroatoms. The Kier molecular flexibility index (Phi) is 7.18. The van der Waals surface area contributed by atoms with Gasteiger partial charge in [0.2, 0.25) is 0 Å². The van der Waals surface area contributed by atoms with Gasteiger partial charge in [-0.15, -0.1) is 0 Å². The van der Waals surface area contributed by atoms with Crippen LogP contribution >= 0.6 is 0 Å². The minimum atomic E-state index is 1.11. The molecule has 10 aromatic rings. The molecule has 0 saturated carbocycles. The van der Waals surface area contributed by atoms with Crippen molar-refractivity contribution in [2.75, 3.05) is 4.90 Å². The molecule has 0 bridgehead atoms. The summed E-state index contributed by atoms with van der Waals surface area (Å²) < 4.78 is 2.42. The molecule has 0 aliphatic rings. The average Bonchev–Trinajstić information content (AvgIpc) is 3.57. The number of pyridine rings is 1. The SMILES string of the molecule is c1ccc(-c2ccc(N(c3ccc(-c4ccc5c(ccc6c(-c7ccccc7)c7ccccc7n65)c4)cc3)c3cccc4ccccc34)cc2)cc1. The molecule has 2 aromatic heterocycles. The van der Waals surface area contributed by atoms with E-state index in [0.717, 1.165) is 17.1 Å². The molecule has 0 spiro atoms. The topological polar surface area (TPSA) is 7.65 Å². The predicted molar refractivity (Wildman–Crippen MR) is 221 cm³/mol. The molecule has 52 heavy (non-hydrogen) atoms. The van der Waals surface area contributed by atoms with Gasteiger partial charge in [0.05, 0.1) is 22.2 Å². The lowest BCUT2D eigenvalue weighted by Crippen LogP contribution is -2.10. The van der Waals surface area contributed by atoms with Crippen molar-refractivity contribution in [2.45, 2.75) is 0 Å². The molecular weight excluding hydrogens is 629 g/mol. The fourth-order valence-corrected chi connectivity index (χ4v) is 7.89. The van der Waals surface area contributed by atoms with Crippen LogP contribution in [0.4, 0.5) is 17.1 Å². The van der Waals surface area contributed by atoms with Crippen molar-refractivity contribution < 1.29 is 0 Å². The highest BCUT2D eigenvalue weighted by atomic mass is 15.1. The summed E-state index contributed by atoms with van der Waals surface area (Å²) in [7, 11) is 0. The van der Waals surface area contributed by atoms with Crippen LogP contribution in [-0.4, -0.2) is 4.40 Å². The maximum absolute atomic E-state index is 2.42. The Morgan fingerprint density at radius 3 is 1.58 bits per heavy atom. The molecule has 2 heterocycles. The number of hydrogen-bond acceptors (Lipinski definition) is 1. The zero-order valence-electron chi connectivity index (χ0n) is 28.5. The number of anilines is 3. The van der Waals surface area contributed by atoms with E-state index in [2.05, 4.69) is 216 Å². The second-order valence-corrected chi connectivity index (χ2v) is 13.4. The maximum atomic E-state index is 2.42. The number of fused-ring (bicyclic) bond motifs is 6.